The smallest absolute Gasteiger partial charge is 0.257 e. The van der Waals surface area contributed by atoms with Gasteiger partial charge in [-0.05, 0) is 42.5 Å². The van der Waals surface area contributed by atoms with Gasteiger partial charge in [-0.2, -0.15) is 0 Å². The summed E-state index contributed by atoms with van der Waals surface area (Å²) in [7, 11) is -3.46. The molecule has 0 fully saturated rings. The predicted octanol–water partition coefficient (Wildman–Crippen LogP) is 1.86. The van der Waals surface area contributed by atoms with Crippen LogP contribution in [0.25, 0.3) is 0 Å². The number of benzene rings is 2. The lowest BCUT2D eigenvalue weighted by Crippen LogP contribution is -2.20. The summed E-state index contributed by atoms with van der Waals surface area (Å²) in [5, 5.41) is 2.74. The molecule has 0 aliphatic carbocycles. The van der Waals surface area contributed by atoms with Gasteiger partial charge in [0.1, 0.15) is 5.75 Å². The number of nitrogens with one attached hydrogen (secondary N) is 1. The zero-order valence-corrected chi connectivity index (χ0v) is 14.7. The minimum Gasteiger partial charge on any atom is -0.484 e. The third kappa shape index (κ3) is 5.20. The average molecular weight is 383 g/mol. The van der Waals surface area contributed by atoms with Gasteiger partial charge in [-0.15, -0.1) is 0 Å². The van der Waals surface area contributed by atoms with Gasteiger partial charge in [-0.1, -0.05) is 11.6 Å². The molecule has 2 aromatic carbocycles. The topological polar surface area (TPSA) is 116 Å². The van der Waals surface area contributed by atoms with Gasteiger partial charge >= 0.3 is 0 Å². The van der Waals surface area contributed by atoms with Crippen LogP contribution in [0.15, 0.2) is 47.4 Å². The number of sulfone groups is 1. The third-order valence-corrected chi connectivity index (χ3v) is 4.54. The Hall–Kier alpha value is -2.58. The van der Waals surface area contributed by atoms with Crippen molar-refractivity contribution in [2.24, 2.45) is 5.73 Å². The molecule has 0 radical (unpaired) electrons. The van der Waals surface area contributed by atoms with E-state index < -0.39 is 21.7 Å². The molecule has 0 aliphatic heterocycles. The highest BCUT2D eigenvalue weighted by atomic mass is 35.5. The number of amides is 2. The number of carbonyl (C=O) groups is 2. The third-order valence-electron chi connectivity index (χ3n) is 3.10. The van der Waals surface area contributed by atoms with Gasteiger partial charge in [0, 0.05) is 11.9 Å². The van der Waals surface area contributed by atoms with Crippen LogP contribution in [0, 0.1) is 0 Å². The summed E-state index contributed by atoms with van der Waals surface area (Å²) in [5.41, 5.74) is 5.46. The highest BCUT2D eigenvalue weighted by Crippen LogP contribution is 2.22. The molecule has 0 aromatic heterocycles. The van der Waals surface area contributed by atoms with Crippen LogP contribution in [0.1, 0.15) is 10.4 Å². The van der Waals surface area contributed by atoms with Gasteiger partial charge in [0.2, 0.25) is 0 Å². The standard InChI is InChI=1S/C16H15ClN2O5S/c1-25(22,23)12-6-7-14(17)13(8-12)16(21)19-10-2-4-11(5-3-10)24-9-15(18)20/h2-8H,9H2,1H3,(H2,18,20)(H,19,21). The molecule has 0 atom stereocenters. The highest BCUT2D eigenvalue weighted by molar-refractivity contribution is 7.90. The fourth-order valence-corrected chi connectivity index (χ4v) is 2.75. The highest BCUT2D eigenvalue weighted by Gasteiger charge is 2.15. The van der Waals surface area contributed by atoms with Crippen molar-refractivity contribution in [1.29, 1.82) is 0 Å². The van der Waals surface area contributed by atoms with Gasteiger partial charge < -0.3 is 15.8 Å². The summed E-state index contributed by atoms with van der Waals surface area (Å²) in [5.74, 6) is -0.743. The molecule has 25 heavy (non-hydrogen) atoms. The molecule has 3 N–H and O–H groups in total. The monoisotopic (exact) mass is 382 g/mol. The van der Waals surface area contributed by atoms with Crippen molar-refractivity contribution in [3.8, 4) is 5.75 Å². The minimum atomic E-state index is -3.46. The Bertz CT molecular complexity index is 911. The minimum absolute atomic E-state index is 0.00255. The summed E-state index contributed by atoms with van der Waals surface area (Å²) in [6.45, 7) is -0.250. The molecule has 2 aromatic rings. The number of hydrogen-bond acceptors (Lipinski definition) is 5. The van der Waals surface area contributed by atoms with Gasteiger partial charge in [-0.3, -0.25) is 9.59 Å². The van der Waals surface area contributed by atoms with Crippen LogP contribution < -0.4 is 15.8 Å². The molecule has 0 saturated heterocycles. The van der Waals surface area contributed by atoms with Crippen LogP contribution in [0.4, 0.5) is 5.69 Å². The summed E-state index contributed by atoms with van der Waals surface area (Å²) >= 11 is 5.98. The second-order valence-corrected chi connectivity index (χ2v) is 7.57. The maximum atomic E-state index is 12.3. The lowest BCUT2D eigenvalue weighted by Gasteiger charge is -2.09. The Kier molecular flexibility index (Phi) is 5.66. The lowest BCUT2D eigenvalue weighted by molar-refractivity contribution is -0.119. The molecule has 9 heteroatoms. The van der Waals surface area contributed by atoms with Crippen molar-refractivity contribution < 1.29 is 22.7 Å². The summed E-state index contributed by atoms with van der Waals surface area (Å²) < 4.78 is 28.3. The predicted molar refractivity (Wildman–Crippen MR) is 93.6 cm³/mol. The van der Waals surface area contributed by atoms with E-state index in [0.717, 1.165) is 6.26 Å². The Morgan fingerprint density at radius 1 is 1.16 bits per heavy atom. The number of carbonyl (C=O) groups excluding carboxylic acids is 2. The number of rotatable bonds is 6. The van der Waals surface area contributed by atoms with Crippen molar-refractivity contribution >= 4 is 38.9 Å². The van der Waals surface area contributed by atoms with E-state index in [2.05, 4.69) is 5.32 Å². The number of hydrogen-bond donors (Lipinski definition) is 2. The fraction of sp³-hybridized carbons (Fsp3) is 0.125. The maximum absolute atomic E-state index is 12.3. The number of nitrogens with two attached hydrogens (primary N) is 1. The van der Waals surface area contributed by atoms with Crippen LogP contribution >= 0.6 is 11.6 Å². The fourth-order valence-electron chi connectivity index (χ4n) is 1.90. The van der Waals surface area contributed by atoms with Crippen LogP contribution in [0.5, 0.6) is 5.75 Å². The van der Waals surface area contributed by atoms with E-state index in [9.17, 15) is 18.0 Å². The second kappa shape index (κ2) is 7.54. The van der Waals surface area contributed by atoms with E-state index in [4.69, 9.17) is 22.1 Å². The number of anilines is 1. The van der Waals surface area contributed by atoms with Gasteiger partial charge in [-0.25, -0.2) is 8.42 Å². The quantitative estimate of drug-likeness (QED) is 0.791. The first-order valence-electron chi connectivity index (χ1n) is 6.99. The second-order valence-electron chi connectivity index (χ2n) is 5.15. The molecule has 132 valence electrons. The Morgan fingerprint density at radius 2 is 1.80 bits per heavy atom. The number of ether oxygens (including phenoxy) is 1. The lowest BCUT2D eigenvalue weighted by atomic mass is 10.2. The van der Waals surface area contributed by atoms with E-state index in [1.807, 2.05) is 0 Å². The van der Waals surface area contributed by atoms with Crippen LogP contribution in [-0.4, -0.2) is 33.1 Å². The van der Waals surface area contributed by atoms with Gasteiger partial charge in [0.05, 0.1) is 15.5 Å². The van der Waals surface area contributed by atoms with Crippen molar-refractivity contribution in [2.75, 3.05) is 18.2 Å². The molecule has 0 saturated carbocycles. The molecule has 0 aliphatic rings. The number of halogens is 1. The van der Waals surface area contributed by atoms with E-state index in [0.29, 0.717) is 11.4 Å². The Morgan fingerprint density at radius 3 is 2.36 bits per heavy atom. The zero-order valence-electron chi connectivity index (χ0n) is 13.2. The van der Waals surface area contributed by atoms with E-state index in [-0.39, 0.29) is 22.1 Å². The zero-order chi connectivity index (χ0) is 18.6. The van der Waals surface area contributed by atoms with E-state index in [1.165, 1.54) is 18.2 Å². The molecule has 0 spiro atoms. The first-order chi connectivity index (χ1) is 11.7. The Balaban J connectivity index is 2.15. The van der Waals surface area contributed by atoms with Gasteiger partial charge in [0.15, 0.2) is 16.4 Å². The van der Waals surface area contributed by atoms with Crippen molar-refractivity contribution in [1.82, 2.24) is 0 Å². The molecule has 2 amide bonds. The SMILES string of the molecule is CS(=O)(=O)c1ccc(Cl)c(C(=O)Nc2ccc(OCC(N)=O)cc2)c1. The molecule has 0 heterocycles. The van der Waals surface area contributed by atoms with Crippen LogP contribution in [-0.2, 0) is 14.6 Å². The average Bonchev–Trinajstić information content (AvgIpc) is 2.53. The van der Waals surface area contributed by atoms with Crippen molar-refractivity contribution in [3.05, 3.63) is 53.1 Å². The first-order valence-corrected chi connectivity index (χ1v) is 9.26. The van der Waals surface area contributed by atoms with E-state index >= 15 is 0 Å². The van der Waals surface area contributed by atoms with Gasteiger partial charge in [0.25, 0.3) is 11.8 Å². The number of primary amides is 1. The van der Waals surface area contributed by atoms with Crippen molar-refractivity contribution in [2.45, 2.75) is 4.90 Å². The Labute approximate surface area is 149 Å². The molecule has 7 nitrogen and oxygen atoms in total. The molecule has 0 bridgehead atoms. The maximum Gasteiger partial charge on any atom is 0.257 e. The summed E-state index contributed by atoms with van der Waals surface area (Å²) in [6, 6.07) is 10.1. The van der Waals surface area contributed by atoms with Crippen LogP contribution in [0.2, 0.25) is 5.02 Å². The van der Waals surface area contributed by atoms with Crippen molar-refractivity contribution in [3.63, 3.8) is 0 Å². The van der Waals surface area contributed by atoms with E-state index in [1.54, 1.807) is 24.3 Å². The largest absolute Gasteiger partial charge is 0.484 e. The summed E-state index contributed by atoms with van der Waals surface area (Å²) in [4.78, 5) is 23.0. The first kappa shape index (κ1) is 18.8. The summed E-state index contributed by atoms with van der Waals surface area (Å²) in [6.07, 6.45) is 1.04. The molecule has 2 rings (SSSR count). The molecule has 0 unspecified atom stereocenters. The normalized spacial score (nSPS) is 11.0. The molecular formula is C16H15ClN2O5S. The molecular weight excluding hydrogens is 368 g/mol. The van der Waals surface area contributed by atoms with Crippen LogP contribution in [0.3, 0.4) is 0 Å².